The molecule has 1 heterocycles. The van der Waals surface area contributed by atoms with E-state index in [-0.39, 0.29) is 0 Å². The van der Waals surface area contributed by atoms with Crippen LogP contribution in [0.1, 0.15) is 0 Å². The molecule has 2 rings (SSSR count). The number of benzene rings is 1. The van der Waals surface area contributed by atoms with Crippen molar-refractivity contribution in [3.63, 3.8) is 0 Å². The molecule has 0 fully saturated rings. The molecule has 0 saturated heterocycles. The topological polar surface area (TPSA) is 44.2 Å². The summed E-state index contributed by atoms with van der Waals surface area (Å²) in [6.07, 6.45) is 3.10. The average molecular weight is 251 g/mol. The first-order valence-corrected chi connectivity index (χ1v) is 5.32. The Balaban J connectivity index is 2.47. The lowest BCUT2D eigenvalue weighted by Gasteiger charge is -2.09. The minimum Gasteiger partial charge on any atom is -0.497 e. The molecule has 4 nitrogen and oxygen atoms in total. The Hall–Kier alpha value is -1.81. The number of hydrogen-bond acceptors (Lipinski definition) is 4. The monoisotopic (exact) mass is 250 g/mol. The highest BCUT2D eigenvalue weighted by atomic mass is 35.5. The van der Waals surface area contributed by atoms with Gasteiger partial charge in [0.15, 0.2) is 0 Å². The smallest absolute Gasteiger partial charge is 0.147 e. The van der Waals surface area contributed by atoms with Crippen molar-refractivity contribution < 1.29 is 9.47 Å². The number of halogens is 1. The molecule has 0 aliphatic rings. The van der Waals surface area contributed by atoms with Gasteiger partial charge in [-0.15, -0.1) is 0 Å². The van der Waals surface area contributed by atoms with Crippen molar-refractivity contribution >= 4 is 11.6 Å². The van der Waals surface area contributed by atoms with E-state index < -0.39 is 0 Å². The van der Waals surface area contributed by atoms with Crippen LogP contribution in [0, 0.1) is 0 Å². The van der Waals surface area contributed by atoms with Crippen LogP contribution in [0.25, 0.3) is 11.3 Å². The highest BCUT2D eigenvalue weighted by molar-refractivity contribution is 6.29. The summed E-state index contributed by atoms with van der Waals surface area (Å²) in [5, 5.41) is 0.362. The first-order valence-electron chi connectivity index (χ1n) is 4.94. The molecule has 0 amide bonds. The Morgan fingerprint density at radius 3 is 2.47 bits per heavy atom. The first-order chi connectivity index (χ1) is 8.24. The lowest BCUT2D eigenvalue weighted by atomic mass is 10.1. The minimum atomic E-state index is 0.362. The van der Waals surface area contributed by atoms with Crippen molar-refractivity contribution in [3.8, 4) is 22.8 Å². The molecule has 0 atom stereocenters. The maximum atomic E-state index is 5.70. The van der Waals surface area contributed by atoms with Gasteiger partial charge in [-0.1, -0.05) is 11.6 Å². The van der Waals surface area contributed by atoms with Crippen molar-refractivity contribution in [2.24, 2.45) is 0 Å². The highest BCUT2D eigenvalue weighted by Gasteiger charge is 2.08. The van der Waals surface area contributed by atoms with Crippen LogP contribution in [0.15, 0.2) is 30.6 Å². The van der Waals surface area contributed by atoms with Gasteiger partial charge in [0, 0.05) is 11.6 Å². The third kappa shape index (κ3) is 2.47. The maximum absolute atomic E-state index is 5.70. The number of methoxy groups -OCH3 is 2. The lowest BCUT2D eigenvalue weighted by molar-refractivity contribution is 0.395. The zero-order chi connectivity index (χ0) is 12.3. The van der Waals surface area contributed by atoms with E-state index in [1.54, 1.807) is 26.5 Å². The zero-order valence-electron chi connectivity index (χ0n) is 9.48. The summed E-state index contributed by atoms with van der Waals surface area (Å²) in [6.45, 7) is 0. The van der Waals surface area contributed by atoms with Gasteiger partial charge in [0.05, 0.1) is 32.3 Å². The molecule has 0 spiro atoms. The van der Waals surface area contributed by atoms with Crippen LogP contribution in [-0.2, 0) is 0 Å². The summed E-state index contributed by atoms with van der Waals surface area (Å²) in [6, 6.07) is 5.51. The number of hydrogen-bond donors (Lipinski definition) is 0. The van der Waals surface area contributed by atoms with E-state index in [1.165, 1.54) is 6.20 Å². The van der Waals surface area contributed by atoms with Crippen molar-refractivity contribution in [2.75, 3.05) is 14.2 Å². The molecular weight excluding hydrogens is 240 g/mol. The van der Waals surface area contributed by atoms with E-state index in [2.05, 4.69) is 9.97 Å². The molecule has 0 radical (unpaired) electrons. The molecule has 88 valence electrons. The first kappa shape index (κ1) is 11.7. The second-order valence-corrected chi connectivity index (χ2v) is 3.68. The SMILES string of the molecule is COc1ccc(-c2cnc(Cl)cn2)c(OC)c1. The van der Waals surface area contributed by atoms with E-state index in [9.17, 15) is 0 Å². The van der Waals surface area contributed by atoms with Crippen LogP contribution in [0.3, 0.4) is 0 Å². The van der Waals surface area contributed by atoms with Gasteiger partial charge in [0.25, 0.3) is 0 Å². The fourth-order valence-corrected chi connectivity index (χ4v) is 1.56. The summed E-state index contributed by atoms with van der Waals surface area (Å²) in [5.41, 5.74) is 1.55. The lowest BCUT2D eigenvalue weighted by Crippen LogP contribution is -1.92. The molecule has 5 heteroatoms. The van der Waals surface area contributed by atoms with Crippen LogP contribution in [0.2, 0.25) is 5.15 Å². The fourth-order valence-electron chi connectivity index (χ4n) is 1.46. The third-order valence-electron chi connectivity index (χ3n) is 2.30. The van der Waals surface area contributed by atoms with E-state index >= 15 is 0 Å². The van der Waals surface area contributed by atoms with Gasteiger partial charge in [-0.3, -0.25) is 4.98 Å². The van der Waals surface area contributed by atoms with Crippen molar-refractivity contribution in [1.82, 2.24) is 9.97 Å². The predicted molar refractivity (Wildman–Crippen MR) is 65.6 cm³/mol. The Morgan fingerprint density at radius 1 is 1.06 bits per heavy atom. The van der Waals surface area contributed by atoms with E-state index in [0.717, 1.165) is 11.3 Å². The summed E-state index contributed by atoms with van der Waals surface area (Å²) >= 11 is 5.70. The molecule has 0 bridgehead atoms. The van der Waals surface area contributed by atoms with Gasteiger partial charge in [0.1, 0.15) is 16.7 Å². The molecule has 1 aromatic carbocycles. The standard InChI is InChI=1S/C12H11ClN2O2/c1-16-8-3-4-9(11(5-8)17-2)10-6-15-12(13)7-14-10/h3-7H,1-2H3. The second-order valence-electron chi connectivity index (χ2n) is 3.29. The average Bonchev–Trinajstić information content (AvgIpc) is 2.39. The van der Waals surface area contributed by atoms with Crippen molar-refractivity contribution in [3.05, 3.63) is 35.7 Å². The third-order valence-corrected chi connectivity index (χ3v) is 2.50. The Labute approximate surface area is 104 Å². The maximum Gasteiger partial charge on any atom is 0.147 e. The van der Waals surface area contributed by atoms with Gasteiger partial charge in [-0.05, 0) is 12.1 Å². The van der Waals surface area contributed by atoms with Gasteiger partial charge >= 0.3 is 0 Å². The Morgan fingerprint density at radius 2 is 1.88 bits per heavy atom. The summed E-state index contributed by atoms with van der Waals surface area (Å²) in [4.78, 5) is 8.19. The van der Waals surface area contributed by atoms with Gasteiger partial charge in [0.2, 0.25) is 0 Å². The molecule has 2 aromatic rings. The van der Waals surface area contributed by atoms with Crippen LogP contribution in [-0.4, -0.2) is 24.2 Å². The minimum absolute atomic E-state index is 0.362. The van der Waals surface area contributed by atoms with Crippen molar-refractivity contribution in [1.29, 1.82) is 0 Å². The normalized spacial score (nSPS) is 10.1. The van der Waals surface area contributed by atoms with Crippen LogP contribution < -0.4 is 9.47 Å². The number of nitrogens with zero attached hydrogens (tertiary/aromatic N) is 2. The van der Waals surface area contributed by atoms with E-state index in [0.29, 0.717) is 16.6 Å². The molecule has 17 heavy (non-hydrogen) atoms. The Bertz CT molecular complexity index is 514. The summed E-state index contributed by atoms with van der Waals surface area (Å²) in [7, 11) is 3.21. The van der Waals surface area contributed by atoms with Crippen LogP contribution in [0.5, 0.6) is 11.5 Å². The molecular formula is C12H11ClN2O2. The van der Waals surface area contributed by atoms with Gasteiger partial charge in [-0.2, -0.15) is 0 Å². The predicted octanol–water partition coefficient (Wildman–Crippen LogP) is 2.81. The largest absolute Gasteiger partial charge is 0.497 e. The zero-order valence-corrected chi connectivity index (χ0v) is 10.2. The highest BCUT2D eigenvalue weighted by Crippen LogP contribution is 2.31. The second kappa shape index (κ2) is 5.01. The quantitative estimate of drug-likeness (QED) is 0.840. The number of rotatable bonds is 3. The summed E-state index contributed by atoms with van der Waals surface area (Å²) in [5.74, 6) is 1.41. The van der Waals surface area contributed by atoms with Crippen LogP contribution in [0.4, 0.5) is 0 Å². The summed E-state index contributed by atoms with van der Waals surface area (Å²) < 4.78 is 10.4. The van der Waals surface area contributed by atoms with E-state index in [1.807, 2.05) is 12.1 Å². The molecule has 0 saturated carbocycles. The molecule has 0 aliphatic heterocycles. The molecule has 0 N–H and O–H groups in total. The van der Waals surface area contributed by atoms with Gasteiger partial charge < -0.3 is 9.47 Å². The molecule has 0 aliphatic carbocycles. The fraction of sp³-hybridized carbons (Fsp3) is 0.167. The van der Waals surface area contributed by atoms with E-state index in [4.69, 9.17) is 21.1 Å². The molecule has 1 aromatic heterocycles. The number of ether oxygens (including phenoxy) is 2. The van der Waals surface area contributed by atoms with Crippen LogP contribution >= 0.6 is 11.6 Å². The Kier molecular flexibility index (Phi) is 3.44. The number of aromatic nitrogens is 2. The van der Waals surface area contributed by atoms with Gasteiger partial charge in [-0.25, -0.2) is 4.98 Å². The van der Waals surface area contributed by atoms with Crippen molar-refractivity contribution in [2.45, 2.75) is 0 Å². The molecule has 0 unspecified atom stereocenters.